The summed E-state index contributed by atoms with van der Waals surface area (Å²) in [5, 5.41) is 2.83. The summed E-state index contributed by atoms with van der Waals surface area (Å²) < 4.78 is 5.40. The molecule has 0 aromatic heterocycles. The lowest BCUT2D eigenvalue weighted by Gasteiger charge is -2.29. The highest BCUT2D eigenvalue weighted by atomic mass is 16.6. The molecule has 0 radical (unpaired) electrons. The van der Waals surface area contributed by atoms with Crippen molar-refractivity contribution in [3.05, 3.63) is 41.0 Å². The van der Waals surface area contributed by atoms with E-state index in [1.54, 1.807) is 4.90 Å². The van der Waals surface area contributed by atoms with Crippen LogP contribution in [0.2, 0.25) is 0 Å². The molecule has 1 aromatic rings. The summed E-state index contributed by atoms with van der Waals surface area (Å²) in [4.78, 5) is 25.6. The normalized spacial score (nSPS) is 17.4. The molecule has 2 heterocycles. The molecule has 1 N–H and O–H groups in total. The number of benzene rings is 1. The maximum absolute atomic E-state index is 12.1. The van der Waals surface area contributed by atoms with E-state index in [9.17, 15) is 9.59 Å². The fourth-order valence-electron chi connectivity index (χ4n) is 2.84. The standard InChI is InChI=1S/C18H22N2O3/c1-18(2,3)23-17(22)20-8-6-12(7-9-20)13-4-5-14-11-19-16(21)15(14)10-13/h4-6,10H,7-9,11H2,1-3H3,(H,19,21). The minimum Gasteiger partial charge on any atom is -0.444 e. The molecule has 0 unspecified atom stereocenters. The Morgan fingerprint density at radius 1 is 1.30 bits per heavy atom. The summed E-state index contributed by atoms with van der Waals surface area (Å²) >= 11 is 0. The summed E-state index contributed by atoms with van der Waals surface area (Å²) in [6, 6.07) is 6.00. The van der Waals surface area contributed by atoms with Gasteiger partial charge in [-0.05, 0) is 50.0 Å². The van der Waals surface area contributed by atoms with Crippen LogP contribution in [-0.2, 0) is 11.3 Å². The van der Waals surface area contributed by atoms with E-state index in [-0.39, 0.29) is 12.0 Å². The third-order valence-electron chi connectivity index (χ3n) is 4.03. The van der Waals surface area contributed by atoms with Gasteiger partial charge < -0.3 is 15.0 Å². The highest BCUT2D eigenvalue weighted by molar-refractivity contribution is 5.99. The van der Waals surface area contributed by atoms with E-state index < -0.39 is 5.60 Å². The number of hydrogen-bond acceptors (Lipinski definition) is 3. The summed E-state index contributed by atoms with van der Waals surface area (Å²) in [7, 11) is 0. The fourth-order valence-corrected chi connectivity index (χ4v) is 2.84. The Kier molecular flexibility index (Phi) is 3.88. The quantitative estimate of drug-likeness (QED) is 0.867. The van der Waals surface area contributed by atoms with E-state index >= 15 is 0 Å². The van der Waals surface area contributed by atoms with Gasteiger partial charge in [0.2, 0.25) is 0 Å². The van der Waals surface area contributed by atoms with Gasteiger partial charge in [0.1, 0.15) is 5.60 Å². The van der Waals surface area contributed by atoms with Crippen molar-refractivity contribution in [1.82, 2.24) is 10.2 Å². The molecule has 0 atom stereocenters. The second kappa shape index (κ2) is 5.72. The minimum atomic E-state index is -0.478. The third kappa shape index (κ3) is 3.38. The summed E-state index contributed by atoms with van der Waals surface area (Å²) in [6.07, 6.45) is 2.53. The van der Waals surface area contributed by atoms with Crippen LogP contribution in [0.5, 0.6) is 0 Å². The number of fused-ring (bicyclic) bond motifs is 1. The number of carbonyl (C=O) groups excluding carboxylic acids is 2. The molecule has 1 aromatic carbocycles. The fraction of sp³-hybridized carbons (Fsp3) is 0.444. The molecule has 0 spiro atoms. The van der Waals surface area contributed by atoms with Gasteiger partial charge in [-0.3, -0.25) is 4.79 Å². The first-order valence-electron chi connectivity index (χ1n) is 7.92. The van der Waals surface area contributed by atoms with E-state index in [1.165, 1.54) is 5.57 Å². The molecule has 23 heavy (non-hydrogen) atoms. The zero-order chi connectivity index (χ0) is 16.6. The number of amides is 2. The lowest BCUT2D eigenvalue weighted by atomic mass is 9.96. The summed E-state index contributed by atoms with van der Waals surface area (Å²) in [6.45, 7) is 7.38. The van der Waals surface area contributed by atoms with Gasteiger partial charge in [-0.25, -0.2) is 4.79 Å². The molecular formula is C18H22N2O3. The van der Waals surface area contributed by atoms with Gasteiger partial charge >= 0.3 is 6.09 Å². The van der Waals surface area contributed by atoms with E-state index in [0.29, 0.717) is 19.6 Å². The molecule has 2 aliphatic heterocycles. The van der Waals surface area contributed by atoms with Crippen LogP contribution in [0.3, 0.4) is 0 Å². The first kappa shape index (κ1) is 15.6. The Morgan fingerprint density at radius 3 is 2.74 bits per heavy atom. The van der Waals surface area contributed by atoms with Crippen LogP contribution in [0.15, 0.2) is 24.3 Å². The van der Waals surface area contributed by atoms with Gasteiger partial charge in [-0.1, -0.05) is 18.2 Å². The Balaban J connectivity index is 1.71. The predicted molar refractivity (Wildman–Crippen MR) is 88.0 cm³/mol. The van der Waals surface area contributed by atoms with Crippen LogP contribution in [0.4, 0.5) is 4.79 Å². The number of nitrogens with one attached hydrogen (secondary N) is 1. The molecular weight excluding hydrogens is 292 g/mol. The van der Waals surface area contributed by atoms with Gasteiger partial charge in [0.15, 0.2) is 0 Å². The molecule has 0 saturated carbocycles. The van der Waals surface area contributed by atoms with E-state index in [4.69, 9.17) is 4.74 Å². The molecule has 2 amide bonds. The van der Waals surface area contributed by atoms with E-state index in [0.717, 1.165) is 23.1 Å². The van der Waals surface area contributed by atoms with Crippen LogP contribution < -0.4 is 5.32 Å². The highest BCUT2D eigenvalue weighted by Crippen LogP contribution is 2.26. The van der Waals surface area contributed by atoms with Crippen molar-refractivity contribution in [3.63, 3.8) is 0 Å². The van der Waals surface area contributed by atoms with Gasteiger partial charge in [0, 0.05) is 25.2 Å². The smallest absolute Gasteiger partial charge is 0.410 e. The second-order valence-corrected chi connectivity index (χ2v) is 6.96. The summed E-state index contributed by atoms with van der Waals surface area (Å²) in [5.41, 5.74) is 3.56. The minimum absolute atomic E-state index is 0.00589. The van der Waals surface area contributed by atoms with E-state index in [1.807, 2.05) is 45.0 Å². The average molecular weight is 314 g/mol. The highest BCUT2D eigenvalue weighted by Gasteiger charge is 2.25. The molecule has 0 saturated heterocycles. The van der Waals surface area contributed by atoms with Crippen LogP contribution in [-0.4, -0.2) is 35.6 Å². The molecule has 0 fully saturated rings. The lowest BCUT2D eigenvalue weighted by molar-refractivity contribution is 0.0270. The van der Waals surface area contributed by atoms with Crippen molar-refractivity contribution < 1.29 is 14.3 Å². The van der Waals surface area contributed by atoms with Crippen molar-refractivity contribution in [1.29, 1.82) is 0 Å². The molecule has 5 nitrogen and oxygen atoms in total. The molecule has 5 heteroatoms. The maximum Gasteiger partial charge on any atom is 0.410 e. The van der Waals surface area contributed by atoms with Gasteiger partial charge in [-0.15, -0.1) is 0 Å². The SMILES string of the molecule is CC(C)(C)OC(=O)N1CC=C(c2ccc3c(c2)C(=O)NC3)CC1. The topological polar surface area (TPSA) is 58.6 Å². The van der Waals surface area contributed by atoms with Crippen LogP contribution in [0.1, 0.15) is 48.7 Å². The largest absolute Gasteiger partial charge is 0.444 e. The van der Waals surface area contributed by atoms with Gasteiger partial charge in [-0.2, -0.15) is 0 Å². The molecule has 122 valence electrons. The Morgan fingerprint density at radius 2 is 2.09 bits per heavy atom. The Hall–Kier alpha value is -2.30. The molecule has 0 bridgehead atoms. The van der Waals surface area contributed by atoms with Crippen molar-refractivity contribution in [2.75, 3.05) is 13.1 Å². The molecule has 2 aliphatic rings. The number of ether oxygens (including phenoxy) is 1. The molecule has 0 aliphatic carbocycles. The van der Waals surface area contributed by atoms with Crippen LogP contribution >= 0.6 is 0 Å². The first-order valence-corrected chi connectivity index (χ1v) is 7.92. The first-order chi connectivity index (χ1) is 10.8. The predicted octanol–water partition coefficient (Wildman–Crippen LogP) is 2.95. The average Bonchev–Trinajstić information content (AvgIpc) is 2.87. The van der Waals surface area contributed by atoms with Crippen molar-refractivity contribution in [2.45, 2.75) is 39.3 Å². The van der Waals surface area contributed by atoms with Crippen molar-refractivity contribution in [2.24, 2.45) is 0 Å². The Labute approximate surface area is 136 Å². The number of hydrogen-bond donors (Lipinski definition) is 1. The zero-order valence-corrected chi connectivity index (χ0v) is 13.8. The van der Waals surface area contributed by atoms with Gasteiger partial charge in [0.05, 0.1) is 0 Å². The molecule has 3 rings (SSSR count). The van der Waals surface area contributed by atoms with Gasteiger partial charge in [0.25, 0.3) is 5.91 Å². The zero-order valence-electron chi connectivity index (χ0n) is 13.8. The maximum atomic E-state index is 12.1. The number of rotatable bonds is 1. The monoisotopic (exact) mass is 314 g/mol. The second-order valence-electron chi connectivity index (χ2n) is 6.96. The van der Waals surface area contributed by atoms with Crippen molar-refractivity contribution >= 4 is 17.6 Å². The van der Waals surface area contributed by atoms with Crippen molar-refractivity contribution in [3.8, 4) is 0 Å². The lowest BCUT2D eigenvalue weighted by Crippen LogP contribution is -2.39. The van der Waals surface area contributed by atoms with Crippen LogP contribution in [0.25, 0.3) is 5.57 Å². The number of carbonyl (C=O) groups is 2. The Bertz CT molecular complexity index is 686. The van der Waals surface area contributed by atoms with E-state index in [2.05, 4.69) is 5.32 Å². The summed E-state index contributed by atoms with van der Waals surface area (Å²) in [5.74, 6) is -0.00589. The van der Waals surface area contributed by atoms with Crippen LogP contribution in [0, 0.1) is 0 Å². The third-order valence-corrected chi connectivity index (χ3v) is 4.03. The number of nitrogens with zero attached hydrogens (tertiary/aromatic N) is 1.